The lowest BCUT2D eigenvalue weighted by Gasteiger charge is -2.30. The summed E-state index contributed by atoms with van der Waals surface area (Å²) in [5.41, 5.74) is 2.26. The van der Waals surface area contributed by atoms with E-state index in [4.69, 9.17) is 0 Å². The number of phenolic OH excluding ortho intramolecular Hbond substituents is 1. The van der Waals surface area contributed by atoms with Gasteiger partial charge in [-0.1, -0.05) is 18.2 Å². The first kappa shape index (κ1) is 13.5. The number of anilines is 1. The SMILES string of the molecule is CC(C)N(CC1=CCCC=CN1)c1cccc(O)c1. The van der Waals surface area contributed by atoms with Crippen LogP contribution in [-0.4, -0.2) is 17.7 Å². The van der Waals surface area contributed by atoms with E-state index in [0.717, 1.165) is 25.1 Å². The largest absolute Gasteiger partial charge is 0.508 e. The van der Waals surface area contributed by atoms with Gasteiger partial charge in [-0.05, 0) is 45.0 Å². The number of hydrogen-bond donors (Lipinski definition) is 2. The second-order valence-electron chi connectivity index (χ2n) is 5.09. The standard InChI is InChI=1S/C16H22N2O/c1-13(2)18(15-8-6-9-16(19)11-15)12-14-7-4-3-5-10-17-14/h5-11,13,17,19H,3-4,12H2,1-2H3. The molecule has 19 heavy (non-hydrogen) atoms. The molecule has 1 aliphatic heterocycles. The van der Waals surface area contributed by atoms with Crippen molar-refractivity contribution in [1.29, 1.82) is 0 Å². The number of nitrogens with one attached hydrogen (secondary N) is 1. The van der Waals surface area contributed by atoms with Gasteiger partial charge in [-0.25, -0.2) is 0 Å². The number of phenols is 1. The van der Waals surface area contributed by atoms with Crippen LogP contribution in [0.25, 0.3) is 0 Å². The maximum atomic E-state index is 9.63. The fraction of sp³-hybridized carbons (Fsp3) is 0.375. The van der Waals surface area contributed by atoms with Gasteiger partial charge in [0.2, 0.25) is 0 Å². The van der Waals surface area contributed by atoms with Crippen LogP contribution in [0.2, 0.25) is 0 Å². The van der Waals surface area contributed by atoms with Crippen LogP contribution in [0.3, 0.4) is 0 Å². The molecular formula is C16H22N2O. The highest BCUT2D eigenvalue weighted by molar-refractivity contribution is 5.52. The molecule has 1 aromatic carbocycles. The summed E-state index contributed by atoms with van der Waals surface area (Å²) < 4.78 is 0. The third-order valence-electron chi connectivity index (χ3n) is 3.24. The normalized spacial score (nSPS) is 14.8. The highest BCUT2D eigenvalue weighted by Gasteiger charge is 2.13. The smallest absolute Gasteiger partial charge is 0.117 e. The molecular weight excluding hydrogens is 236 g/mol. The summed E-state index contributed by atoms with van der Waals surface area (Å²) in [6, 6.07) is 7.81. The first-order valence-corrected chi connectivity index (χ1v) is 6.83. The molecule has 0 bridgehead atoms. The third kappa shape index (κ3) is 3.78. The number of benzene rings is 1. The van der Waals surface area contributed by atoms with Crippen molar-refractivity contribution in [3.8, 4) is 5.75 Å². The topological polar surface area (TPSA) is 35.5 Å². The molecule has 1 heterocycles. The van der Waals surface area contributed by atoms with Crippen LogP contribution in [0, 0.1) is 0 Å². The fourth-order valence-corrected chi connectivity index (χ4v) is 2.20. The Morgan fingerprint density at radius 2 is 2.16 bits per heavy atom. The average Bonchev–Trinajstić information content (AvgIpc) is 2.64. The van der Waals surface area contributed by atoms with Crippen LogP contribution in [0.5, 0.6) is 5.75 Å². The van der Waals surface area contributed by atoms with Gasteiger partial charge in [-0.2, -0.15) is 0 Å². The predicted octanol–water partition coefficient (Wildman–Crippen LogP) is 3.39. The van der Waals surface area contributed by atoms with Crippen LogP contribution in [-0.2, 0) is 0 Å². The van der Waals surface area contributed by atoms with E-state index in [1.54, 1.807) is 6.07 Å². The van der Waals surface area contributed by atoms with Gasteiger partial charge in [0.1, 0.15) is 5.75 Å². The lowest BCUT2D eigenvalue weighted by molar-refractivity contribution is 0.475. The van der Waals surface area contributed by atoms with Crippen molar-refractivity contribution < 1.29 is 5.11 Å². The summed E-state index contributed by atoms with van der Waals surface area (Å²) in [6.07, 6.45) is 8.57. The Morgan fingerprint density at radius 3 is 2.89 bits per heavy atom. The van der Waals surface area contributed by atoms with Crippen molar-refractivity contribution in [1.82, 2.24) is 5.32 Å². The molecule has 0 unspecified atom stereocenters. The zero-order chi connectivity index (χ0) is 13.7. The summed E-state index contributed by atoms with van der Waals surface area (Å²) in [4.78, 5) is 2.28. The monoisotopic (exact) mass is 258 g/mol. The van der Waals surface area contributed by atoms with Crippen LogP contribution >= 0.6 is 0 Å². The minimum Gasteiger partial charge on any atom is -0.508 e. The molecule has 0 radical (unpaired) electrons. The van der Waals surface area contributed by atoms with Gasteiger partial charge < -0.3 is 15.3 Å². The molecule has 3 nitrogen and oxygen atoms in total. The van der Waals surface area contributed by atoms with Crippen molar-refractivity contribution >= 4 is 5.69 Å². The van der Waals surface area contributed by atoms with Gasteiger partial charge >= 0.3 is 0 Å². The Bertz CT molecular complexity index is 477. The maximum absolute atomic E-state index is 9.63. The van der Waals surface area contributed by atoms with E-state index in [9.17, 15) is 5.11 Å². The molecule has 1 aromatic rings. The summed E-state index contributed by atoms with van der Waals surface area (Å²) >= 11 is 0. The molecule has 0 fully saturated rings. The van der Waals surface area contributed by atoms with E-state index in [0.29, 0.717) is 11.8 Å². The molecule has 1 aliphatic rings. The highest BCUT2D eigenvalue weighted by Crippen LogP contribution is 2.23. The Kier molecular flexibility index (Phi) is 4.50. The highest BCUT2D eigenvalue weighted by atomic mass is 16.3. The number of hydrogen-bond acceptors (Lipinski definition) is 3. The minimum atomic E-state index is 0.311. The van der Waals surface area contributed by atoms with Gasteiger partial charge in [-0.3, -0.25) is 0 Å². The fourth-order valence-electron chi connectivity index (χ4n) is 2.20. The molecule has 0 saturated carbocycles. The van der Waals surface area contributed by atoms with Crippen LogP contribution < -0.4 is 10.2 Å². The minimum absolute atomic E-state index is 0.311. The third-order valence-corrected chi connectivity index (χ3v) is 3.24. The van der Waals surface area contributed by atoms with E-state index < -0.39 is 0 Å². The van der Waals surface area contributed by atoms with Crippen molar-refractivity contribution in [3.63, 3.8) is 0 Å². The molecule has 0 aromatic heterocycles. The number of rotatable bonds is 4. The molecule has 102 valence electrons. The maximum Gasteiger partial charge on any atom is 0.117 e. The second kappa shape index (κ2) is 6.32. The van der Waals surface area contributed by atoms with E-state index in [1.807, 2.05) is 24.4 Å². The summed E-state index contributed by atoms with van der Waals surface area (Å²) in [5, 5.41) is 13.0. The Hall–Kier alpha value is -1.90. The van der Waals surface area contributed by atoms with E-state index >= 15 is 0 Å². The first-order valence-electron chi connectivity index (χ1n) is 6.83. The van der Waals surface area contributed by atoms with E-state index in [1.165, 1.54) is 5.70 Å². The van der Waals surface area contributed by atoms with E-state index in [-0.39, 0.29) is 0 Å². The summed E-state index contributed by atoms with van der Waals surface area (Å²) in [5.74, 6) is 0.311. The Labute approximate surface area is 115 Å². The van der Waals surface area contributed by atoms with Crippen molar-refractivity contribution in [2.45, 2.75) is 32.7 Å². The van der Waals surface area contributed by atoms with Gasteiger partial charge in [0.15, 0.2) is 0 Å². The Balaban J connectivity index is 2.16. The van der Waals surface area contributed by atoms with Crippen LogP contribution in [0.15, 0.2) is 48.3 Å². The molecule has 0 atom stereocenters. The quantitative estimate of drug-likeness (QED) is 0.869. The molecule has 0 amide bonds. The molecule has 0 aliphatic carbocycles. The lowest BCUT2D eigenvalue weighted by Crippen LogP contribution is -2.34. The van der Waals surface area contributed by atoms with Crippen molar-refractivity contribution in [3.05, 3.63) is 48.3 Å². The number of nitrogens with zero attached hydrogens (tertiary/aromatic N) is 1. The summed E-state index contributed by atoms with van der Waals surface area (Å²) in [6.45, 7) is 5.15. The van der Waals surface area contributed by atoms with E-state index in [2.05, 4.69) is 36.2 Å². The molecule has 2 rings (SSSR count). The van der Waals surface area contributed by atoms with Gasteiger partial charge in [-0.15, -0.1) is 0 Å². The lowest BCUT2D eigenvalue weighted by atomic mass is 10.2. The molecule has 0 saturated heterocycles. The van der Waals surface area contributed by atoms with Crippen molar-refractivity contribution in [2.75, 3.05) is 11.4 Å². The number of aromatic hydroxyl groups is 1. The molecule has 3 heteroatoms. The molecule has 2 N–H and O–H groups in total. The van der Waals surface area contributed by atoms with Gasteiger partial charge in [0.25, 0.3) is 0 Å². The number of allylic oxidation sites excluding steroid dienone is 2. The first-order chi connectivity index (χ1) is 9.16. The van der Waals surface area contributed by atoms with Crippen molar-refractivity contribution in [2.24, 2.45) is 0 Å². The zero-order valence-electron chi connectivity index (χ0n) is 11.6. The van der Waals surface area contributed by atoms with Gasteiger partial charge in [0.05, 0.1) is 6.54 Å². The Morgan fingerprint density at radius 1 is 1.32 bits per heavy atom. The average molecular weight is 258 g/mol. The molecule has 0 spiro atoms. The summed E-state index contributed by atoms with van der Waals surface area (Å²) in [7, 11) is 0. The predicted molar refractivity (Wildman–Crippen MR) is 80.2 cm³/mol. The van der Waals surface area contributed by atoms with Crippen LogP contribution in [0.4, 0.5) is 5.69 Å². The second-order valence-corrected chi connectivity index (χ2v) is 5.09. The van der Waals surface area contributed by atoms with Gasteiger partial charge in [0, 0.05) is 23.5 Å². The zero-order valence-corrected chi connectivity index (χ0v) is 11.6. The van der Waals surface area contributed by atoms with Crippen LogP contribution in [0.1, 0.15) is 26.7 Å².